The number of aliphatic imine (C=N–C) groups is 1. The van der Waals surface area contributed by atoms with Gasteiger partial charge in [-0.1, -0.05) is 139 Å². The molecule has 42 heavy (non-hydrogen) atoms. The number of carbonyl (C=O) groups is 1. The average molecular weight is 591 g/mol. The Hall–Kier alpha value is -2.99. The number of rotatable bonds is 19. The summed E-state index contributed by atoms with van der Waals surface area (Å²) < 4.78 is 7.59. The fourth-order valence-electron chi connectivity index (χ4n) is 5.66. The Morgan fingerprint density at radius 1 is 0.810 bits per heavy atom. The van der Waals surface area contributed by atoms with Gasteiger partial charge in [0.1, 0.15) is 6.54 Å². The van der Waals surface area contributed by atoms with Gasteiger partial charge < -0.3 is 4.74 Å². The van der Waals surface area contributed by atoms with Gasteiger partial charge in [0.2, 0.25) is 0 Å². The fraction of sp³-hybridized carbons (Fsp3) is 0.543. The number of nitrogens with zero attached hydrogens (tertiary/aromatic N) is 4. The molecule has 2 aromatic carbocycles. The molecule has 0 fully saturated rings. The van der Waals surface area contributed by atoms with Crippen LogP contribution in [-0.4, -0.2) is 26.4 Å². The highest BCUT2D eigenvalue weighted by atomic mass is 35.5. The maximum absolute atomic E-state index is 12.5. The van der Waals surface area contributed by atoms with Gasteiger partial charge in [-0.05, 0) is 24.6 Å². The summed E-state index contributed by atoms with van der Waals surface area (Å²) in [5.74, 6) is 1.11. The zero-order valence-electron chi connectivity index (χ0n) is 25.3. The maximum atomic E-state index is 12.5. The molecule has 0 atom stereocenters. The molecule has 3 aromatic rings. The van der Waals surface area contributed by atoms with Crippen molar-refractivity contribution >= 4 is 23.3 Å². The molecule has 0 saturated heterocycles. The zero-order valence-corrected chi connectivity index (χ0v) is 26.1. The summed E-state index contributed by atoms with van der Waals surface area (Å²) in [6.45, 7) is 2.72. The van der Waals surface area contributed by atoms with E-state index in [0.29, 0.717) is 29.6 Å². The van der Waals surface area contributed by atoms with Gasteiger partial charge in [-0.15, -0.1) is 10.2 Å². The molecule has 1 aromatic heterocycles. The maximum Gasteiger partial charge on any atom is 0.306 e. The first-order valence-electron chi connectivity index (χ1n) is 16.2. The van der Waals surface area contributed by atoms with Crippen molar-refractivity contribution in [2.24, 2.45) is 4.99 Å². The fourth-order valence-corrected chi connectivity index (χ4v) is 5.83. The van der Waals surface area contributed by atoms with Crippen molar-refractivity contribution in [1.82, 2.24) is 14.8 Å². The van der Waals surface area contributed by atoms with Gasteiger partial charge in [0.25, 0.3) is 0 Å². The van der Waals surface area contributed by atoms with Crippen LogP contribution >= 0.6 is 11.6 Å². The van der Waals surface area contributed by atoms with Crippen LogP contribution in [0.1, 0.15) is 132 Å². The number of esters is 1. The molecule has 226 valence electrons. The first kappa shape index (κ1) is 31.9. The second kappa shape index (κ2) is 17.8. The number of hydrogen-bond acceptors (Lipinski definition) is 5. The Morgan fingerprint density at radius 2 is 1.43 bits per heavy atom. The highest BCUT2D eigenvalue weighted by Gasteiger charge is 2.23. The summed E-state index contributed by atoms with van der Waals surface area (Å²) >= 11 is 6.40. The molecule has 1 aliphatic heterocycles. The normalized spacial score (nSPS) is 12.4. The second-order valence-electron chi connectivity index (χ2n) is 11.4. The quantitative estimate of drug-likeness (QED) is 0.103. The Kier molecular flexibility index (Phi) is 13.6. The molecule has 2 heterocycles. The van der Waals surface area contributed by atoms with E-state index in [2.05, 4.69) is 17.1 Å². The van der Waals surface area contributed by atoms with Gasteiger partial charge in [0, 0.05) is 22.6 Å². The molecule has 0 unspecified atom stereocenters. The minimum atomic E-state index is -0.187. The summed E-state index contributed by atoms with van der Waals surface area (Å²) in [5.41, 5.74) is 3.65. The van der Waals surface area contributed by atoms with Crippen molar-refractivity contribution in [3.8, 4) is 5.69 Å². The van der Waals surface area contributed by atoms with Gasteiger partial charge in [-0.25, -0.2) is 0 Å². The van der Waals surface area contributed by atoms with Gasteiger partial charge in [-0.3, -0.25) is 14.4 Å². The van der Waals surface area contributed by atoms with E-state index >= 15 is 0 Å². The van der Waals surface area contributed by atoms with Crippen LogP contribution in [0, 0.1) is 0 Å². The number of hydrogen-bond donors (Lipinski definition) is 0. The van der Waals surface area contributed by atoms with Crippen LogP contribution in [0.2, 0.25) is 5.02 Å². The lowest BCUT2D eigenvalue weighted by Gasteiger charge is -2.14. The topological polar surface area (TPSA) is 69.4 Å². The summed E-state index contributed by atoms with van der Waals surface area (Å²) in [4.78, 5) is 17.4. The Balaban J connectivity index is 1.15. The van der Waals surface area contributed by atoms with Crippen molar-refractivity contribution < 1.29 is 9.53 Å². The van der Waals surface area contributed by atoms with E-state index in [1.807, 2.05) is 53.1 Å². The number of aromatic nitrogens is 3. The summed E-state index contributed by atoms with van der Waals surface area (Å²) in [5, 5.41) is 9.34. The van der Waals surface area contributed by atoms with Gasteiger partial charge in [0.15, 0.2) is 18.3 Å². The summed E-state index contributed by atoms with van der Waals surface area (Å²) in [6, 6.07) is 15.8. The van der Waals surface area contributed by atoms with Crippen LogP contribution in [0.5, 0.6) is 0 Å². The largest absolute Gasteiger partial charge is 0.457 e. The van der Waals surface area contributed by atoms with Crippen LogP contribution in [0.25, 0.3) is 5.69 Å². The van der Waals surface area contributed by atoms with Crippen molar-refractivity contribution in [3.05, 3.63) is 76.3 Å². The lowest BCUT2D eigenvalue weighted by molar-refractivity contribution is -0.145. The Labute approximate surface area is 257 Å². The number of benzene rings is 2. The van der Waals surface area contributed by atoms with E-state index in [1.165, 1.54) is 83.5 Å². The third kappa shape index (κ3) is 9.79. The Bertz CT molecular complexity index is 1270. The van der Waals surface area contributed by atoms with E-state index in [1.54, 1.807) is 0 Å². The van der Waals surface area contributed by atoms with E-state index in [0.717, 1.165) is 35.4 Å². The molecule has 0 aliphatic carbocycles. The number of unbranched alkanes of at least 4 members (excludes halogenated alkanes) is 14. The van der Waals surface area contributed by atoms with Gasteiger partial charge in [0.05, 0.1) is 11.4 Å². The van der Waals surface area contributed by atoms with Crippen LogP contribution < -0.4 is 0 Å². The number of fused-ring (bicyclic) bond motifs is 3. The lowest BCUT2D eigenvalue weighted by atomic mass is 10.0. The predicted octanol–water partition coefficient (Wildman–Crippen LogP) is 9.58. The van der Waals surface area contributed by atoms with Crippen LogP contribution in [-0.2, 0) is 22.7 Å². The monoisotopic (exact) mass is 590 g/mol. The smallest absolute Gasteiger partial charge is 0.306 e. The summed E-state index contributed by atoms with van der Waals surface area (Å²) in [6.07, 6.45) is 20.0. The molecule has 0 bridgehead atoms. The molecule has 0 amide bonds. The average Bonchev–Trinajstić information content (AvgIpc) is 3.33. The molecule has 4 rings (SSSR count). The third-order valence-corrected chi connectivity index (χ3v) is 8.26. The summed E-state index contributed by atoms with van der Waals surface area (Å²) in [7, 11) is 0. The van der Waals surface area contributed by atoms with E-state index in [4.69, 9.17) is 21.3 Å². The highest BCUT2D eigenvalue weighted by Crippen LogP contribution is 2.28. The molecular formula is C35H47ClN4O2. The van der Waals surface area contributed by atoms with Crippen LogP contribution in [0.3, 0.4) is 0 Å². The van der Waals surface area contributed by atoms with E-state index in [-0.39, 0.29) is 12.6 Å². The molecule has 0 radical (unpaired) electrons. The van der Waals surface area contributed by atoms with E-state index < -0.39 is 0 Å². The van der Waals surface area contributed by atoms with Crippen molar-refractivity contribution in [2.45, 2.75) is 123 Å². The zero-order chi connectivity index (χ0) is 29.4. The second-order valence-corrected chi connectivity index (χ2v) is 11.9. The molecule has 0 saturated carbocycles. The van der Waals surface area contributed by atoms with Crippen molar-refractivity contribution in [1.29, 1.82) is 0 Å². The van der Waals surface area contributed by atoms with Crippen molar-refractivity contribution in [3.63, 3.8) is 0 Å². The molecule has 6 nitrogen and oxygen atoms in total. The highest BCUT2D eigenvalue weighted by molar-refractivity contribution is 6.31. The SMILES string of the molecule is CCCCCCCCCCCCCCCCCC(=O)OCc1nnc2n1-c1ccc(Cl)cc1C(c1ccccc1)=NC2. The minimum absolute atomic E-state index is 0.0767. The first-order chi connectivity index (χ1) is 20.7. The predicted molar refractivity (Wildman–Crippen MR) is 171 cm³/mol. The number of ether oxygens (including phenoxy) is 1. The van der Waals surface area contributed by atoms with Gasteiger partial charge in [-0.2, -0.15) is 0 Å². The van der Waals surface area contributed by atoms with E-state index in [9.17, 15) is 4.79 Å². The minimum Gasteiger partial charge on any atom is -0.457 e. The number of halogens is 1. The standard InChI is InChI=1S/C35H47ClN4O2/c1-2-3-4-5-6-7-8-9-10-11-12-13-14-15-19-22-34(41)42-27-33-39-38-32-26-37-35(28-20-17-16-18-21-28)30-25-29(36)23-24-31(30)40(32)33/h16-18,20-21,23-25H,2-15,19,22,26-27H2,1H3. The molecule has 7 heteroatoms. The van der Waals surface area contributed by atoms with Crippen LogP contribution in [0.4, 0.5) is 0 Å². The molecule has 1 aliphatic rings. The van der Waals surface area contributed by atoms with Crippen molar-refractivity contribution in [2.75, 3.05) is 0 Å². The lowest BCUT2D eigenvalue weighted by Crippen LogP contribution is -2.12. The molecular weight excluding hydrogens is 544 g/mol. The van der Waals surface area contributed by atoms with Crippen LogP contribution in [0.15, 0.2) is 53.5 Å². The molecule has 0 N–H and O–H groups in total. The number of carbonyl (C=O) groups excluding carboxylic acids is 1. The van der Waals surface area contributed by atoms with Gasteiger partial charge >= 0.3 is 5.97 Å². The Morgan fingerprint density at radius 3 is 2.07 bits per heavy atom. The first-order valence-corrected chi connectivity index (χ1v) is 16.5. The molecule has 0 spiro atoms. The third-order valence-electron chi connectivity index (χ3n) is 8.02.